The summed E-state index contributed by atoms with van der Waals surface area (Å²) in [5, 5.41) is 2.47. The summed E-state index contributed by atoms with van der Waals surface area (Å²) in [5.74, 6) is 6.34. The molecule has 0 saturated heterocycles. The Morgan fingerprint density at radius 3 is 2.67 bits per heavy atom. The van der Waals surface area contributed by atoms with Gasteiger partial charge in [0.25, 0.3) is 0 Å². The molecule has 6 heteroatoms. The zero-order valence-electron chi connectivity index (χ0n) is 14.7. The largest absolute Gasteiger partial charge is 0.480 e. The fourth-order valence-electron chi connectivity index (χ4n) is 2.62. The molecule has 0 spiro atoms. The van der Waals surface area contributed by atoms with Gasteiger partial charge in [0.1, 0.15) is 12.4 Å². The van der Waals surface area contributed by atoms with Gasteiger partial charge in [-0.15, -0.1) is 0 Å². The minimum Gasteiger partial charge on any atom is -0.480 e. The minimum absolute atomic E-state index is 0.00676. The van der Waals surface area contributed by atoms with Crippen molar-refractivity contribution in [3.8, 4) is 17.6 Å². The van der Waals surface area contributed by atoms with Crippen molar-refractivity contribution in [2.75, 3.05) is 13.2 Å². The maximum Gasteiger partial charge on any atom is 0.241 e. The number of sulfonamides is 1. The zero-order chi connectivity index (χ0) is 19.3. The number of aryl methyl sites for hydroxylation is 1. The maximum absolute atomic E-state index is 12.3. The van der Waals surface area contributed by atoms with Crippen molar-refractivity contribution in [3.63, 3.8) is 0 Å². The fourth-order valence-corrected chi connectivity index (χ4v) is 4.05. The predicted molar refractivity (Wildman–Crippen MR) is 109 cm³/mol. The van der Waals surface area contributed by atoms with Crippen LogP contribution in [0.3, 0.4) is 0 Å². The van der Waals surface area contributed by atoms with Crippen molar-refractivity contribution in [1.29, 1.82) is 0 Å². The average Bonchev–Trinajstić information content (AvgIpc) is 2.66. The summed E-state index contributed by atoms with van der Waals surface area (Å²) in [4.78, 5) is 0.156. The molecular weight excluding hydrogens is 382 g/mol. The Balaban J connectivity index is 1.59. The Kier molecular flexibility index (Phi) is 6.02. The van der Waals surface area contributed by atoms with Crippen LogP contribution in [0.4, 0.5) is 0 Å². The molecule has 3 aromatic rings. The second-order valence-corrected chi connectivity index (χ2v) is 8.03. The van der Waals surface area contributed by atoms with Crippen LogP contribution in [0.25, 0.3) is 10.8 Å². The third kappa shape index (κ3) is 4.81. The zero-order valence-corrected chi connectivity index (χ0v) is 16.3. The van der Waals surface area contributed by atoms with E-state index in [-0.39, 0.29) is 18.0 Å². The first-order chi connectivity index (χ1) is 13.0. The summed E-state index contributed by atoms with van der Waals surface area (Å²) in [6, 6.07) is 18.5. The van der Waals surface area contributed by atoms with E-state index in [9.17, 15) is 8.42 Å². The summed E-state index contributed by atoms with van der Waals surface area (Å²) in [5.41, 5.74) is 0.624. The molecule has 3 rings (SSSR count). The van der Waals surface area contributed by atoms with Crippen molar-refractivity contribution < 1.29 is 13.2 Å². The molecule has 0 heterocycles. The number of ether oxygens (including phenoxy) is 1. The van der Waals surface area contributed by atoms with Gasteiger partial charge in [-0.1, -0.05) is 65.9 Å². The van der Waals surface area contributed by atoms with Gasteiger partial charge in [0, 0.05) is 10.4 Å². The molecule has 3 aromatic carbocycles. The van der Waals surface area contributed by atoms with Crippen LogP contribution >= 0.6 is 11.6 Å². The lowest BCUT2D eigenvalue weighted by atomic mass is 10.1. The molecule has 0 aliphatic carbocycles. The third-order valence-electron chi connectivity index (χ3n) is 3.96. The van der Waals surface area contributed by atoms with E-state index in [0.29, 0.717) is 10.6 Å². The first kappa shape index (κ1) is 19.2. The maximum atomic E-state index is 12.3. The Bertz CT molecular complexity index is 1130. The van der Waals surface area contributed by atoms with Crippen LogP contribution in [0.15, 0.2) is 65.6 Å². The molecule has 0 unspecified atom stereocenters. The summed E-state index contributed by atoms with van der Waals surface area (Å²) >= 11 is 5.89. The van der Waals surface area contributed by atoms with Crippen LogP contribution in [0, 0.1) is 18.8 Å². The van der Waals surface area contributed by atoms with E-state index >= 15 is 0 Å². The first-order valence-electron chi connectivity index (χ1n) is 8.29. The molecule has 0 aliphatic heterocycles. The molecule has 1 N–H and O–H groups in total. The van der Waals surface area contributed by atoms with E-state index in [1.807, 2.05) is 42.5 Å². The van der Waals surface area contributed by atoms with Gasteiger partial charge in [-0.25, -0.2) is 8.42 Å². The third-order valence-corrected chi connectivity index (χ3v) is 5.74. The van der Waals surface area contributed by atoms with Gasteiger partial charge in [-0.2, -0.15) is 4.72 Å². The molecule has 0 aromatic heterocycles. The van der Waals surface area contributed by atoms with Crippen molar-refractivity contribution in [3.05, 3.63) is 71.2 Å². The van der Waals surface area contributed by atoms with Gasteiger partial charge < -0.3 is 4.74 Å². The van der Waals surface area contributed by atoms with Crippen LogP contribution in [0.5, 0.6) is 5.75 Å². The highest BCUT2D eigenvalue weighted by Crippen LogP contribution is 2.24. The highest BCUT2D eigenvalue weighted by atomic mass is 35.5. The normalized spacial score (nSPS) is 11.0. The van der Waals surface area contributed by atoms with Gasteiger partial charge in [0.05, 0.1) is 11.4 Å². The number of hydrogen-bond acceptors (Lipinski definition) is 3. The van der Waals surface area contributed by atoms with E-state index in [1.54, 1.807) is 19.1 Å². The number of nitrogens with one attached hydrogen (secondary N) is 1. The second kappa shape index (κ2) is 8.45. The van der Waals surface area contributed by atoms with E-state index in [0.717, 1.165) is 16.5 Å². The molecular formula is C21H18ClNO3S. The molecule has 138 valence electrons. The van der Waals surface area contributed by atoms with Gasteiger partial charge >= 0.3 is 0 Å². The predicted octanol–water partition coefficient (Wildman–Crippen LogP) is 4.16. The highest BCUT2D eigenvalue weighted by Gasteiger charge is 2.16. The first-order valence-corrected chi connectivity index (χ1v) is 10.2. The lowest BCUT2D eigenvalue weighted by molar-refractivity contribution is 0.374. The smallest absolute Gasteiger partial charge is 0.241 e. The van der Waals surface area contributed by atoms with E-state index in [1.165, 1.54) is 6.07 Å². The monoisotopic (exact) mass is 399 g/mol. The second-order valence-electron chi connectivity index (χ2n) is 5.85. The minimum atomic E-state index is -3.66. The summed E-state index contributed by atoms with van der Waals surface area (Å²) < 4.78 is 32.8. The van der Waals surface area contributed by atoms with Crippen LogP contribution in [0.2, 0.25) is 5.02 Å². The van der Waals surface area contributed by atoms with Crippen LogP contribution in [-0.4, -0.2) is 21.6 Å². The van der Waals surface area contributed by atoms with Crippen LogP contribution in [0.1, 0.15) is 5.56 Å². The molecule has 0 fully saturated rings. The van der Waals surface area contributed by atoms with Crippen molar-refractivity contribution in [2.45, 2.75) is 11.8 Å². The van der Waals surface area contributed by atoms with E-state index in [2.05, 4.69) is 16.6 Å². The molecule has 4 nitrogen and oxygen atoms in total. The Morgan fingerprint density at radius 1 is 1.04 bits per heavy atom. The lowest BCUT2D eigenvalue weighted by Crippen LogP contribution is -2.24. The van der Waals surface area contributed by atoms with Gasteiger partial charge in [0.15, 0.2) is 0 Å². The number of halogens is 1. The molecule has 0 amide bonds. The molecule has 0 radical (unpaired) electrons. The van der Waals surface area contributed by atoms with Crippen LogP contribution < -0.4 is 9.46 Å². The number of benzene rings is 3. The fraction of sp³-hybridized carbons (Fsp3) is 0.143. The quantitative estimate of drug-likeness (QED) is 0.655. The number of rotatable bonds is 5. The average molecular weight is 400 g/mol. The van der Waals surface area contributed by atoms with Crippen molar-refractivity contribution in [1.82, 2.24) is 4.72 Å². The Hall–Kier alpha value is -2.52. The van der Waals surface area contributed by atoms with E-state index in [4.69, 9.17) is 16.3 Å². The van der Waals surface area contributed by atoms with E-state index < -0.39 is 10.0 Å². The van der Waals surface area contributed by atoms with Crippen molar-refractivity contribution in [2.24, 2.45) is 0 Å². The molecule has 27 heavy (non-hydrogen) atoms. The lowest BCUT2D eigenvalue weighted by Gasteiger charge is -2.07. The topological polar surface area (TPSA) is 55.4 Å². The Morgan fingerprint density at radius 2 is 1.81 bits per heavy atom. The molecule has 0 aliphatic rings. The number of fused-ring (bicyclic) bond motifs is 1. The molecule has 0 atom stereocenters. The van der Waals surface area contributed by atoms with Crippen LogP contribution in [-0.2, 0) is 10.0 Å². The Labute approximate surface area is 164 Å². The van der Waals surface area contributed by atoms with Gasteiger partial charge in [-0.05, 0) is 36.1 Å². The van der Waals surface area contributed by atoms with Gasteiger partial charge in [0.2, 0.25) is 10.0 Å². The standard InChI is InChI=1S/C21H18ClNO3S/c1-16-11-12-18(22)15-21(16)27(24,25)23-13-4-5-14-26-20-10-6-8-17-7-2-3-9-19(17)20/h2-3,6-12,15,23H,13-14H2,1H3. The van der Waals surface area contributed by atoms with Crippen molar-refractivity contribution >= 4 is 32.4 Å². The molecule has 0 bridgehead atoms. The SMILES string of the molecule is Cc1ccc(Cl)cc1S(=O)(=O)NCC#CCOc1cccc2ccccc12. The summed E-state index contributed by atoms with van der Waals surface area (Å²) in [6.45, 7) is 1.88. The molecule has 0 saturated carbocycles. The van der Waals surface area contributed by atoms with Gasteiger partial charge in [-0.3, -0.25) is 0 Å². The highest BCUT2D eigenvalue weighted by molar-refractivity contribution is 7.89. The summed E-state index contributed by atoms with van der Waals surface area (Å²) in [6.07, 6.45) is 0. The number of hydrogen-bond donors (Lipinski definition) is 1. The summed E-state index contributed by atoms with van der Waals surface area (Å²) in [7, 11) is -3.66.